The van der Waals surface area contributed by atoms with E-state index in [0.29, 0.717) is 23.2 Å². The van der Waals surface area contributed by atoms with Crippen molar-refractivity contribution in [3.05, 3.63) is 29.3 Å². The normalized spacial score (nSPS) is 18.1. The number of ether oxygens (including phenoxy) is 1. The lowest BCUT2D eigenvalue weighted by molar-refractivity contribution is -0.129. The van der Waals surface area contributed by atoms with Gasteiger partial charge in [-0.25, -0.2) is 0 Å². The van der Waals surface area contributed by atoms with E-state index in [1.807, 2.05) is 6.92 Å². The van der Waals surface area contributed by atoms with Crippen molar-refractivity contribution in [1.82, 2.24) is 5.32 Å². The van der Waals surface area contributed by atoms with Crippen molar-refractivity contribution in [3.8, 4) is 5.75 Å². The Hall–Kier alpha value is -1.22. The van der Waals surface area contributed by atoms with Gasteiger partial charge in [0.15, 0.2) is 6.10 Å². The molecule has 0 bridgehead atoms. The van der Waals surface area contributed by atoms with Crippen LogP contribution in [0.25, 0.3) is 0 Å². The minimum Gasteiger partial charge on any atom is -0.481 e. The SMILES string of the molecule is CC[C@@H](Oc1ccc(Cl)cc1)C(=O)NC1CCCCCCC1. The molecule has 1 amide bonds. The van der Waals surface area contributed by atoms with E-state index < -0.39 is 6.10 Å². The largest absolute Gasteiger partial charge is 0.481 e. The second-order valence-electron chi connectivity index (χ2n) is 6.02. The molecule has 1 aromatic carbocycles. The second kappa shape index (κ2) is 9.04. The molecule has 3 nitrogen and oxygen atoms in total. The van der Waals surface area contributed by atoms with Gasteiger partial charge in [0, 0.05) is 11.1 Å². The number of amides is 1. The van der Waals surface area contributed by atoms with Crippen LogP contribution in [0.5, 0.6) is 5.75 Å². The van der Waals surface area contributed by atoms with Crippen LogP contribution in [0.3, 0.4) is 0 Å². The third kappa shape index (κ3) is 5.53. The predicted molar refractivity (Wildman–Crippen MR) is 90.4 cm³/mol. The maximum atomic E-state index is 12.4. The molecule has 2 rings (SSSR count). The zero-order chi connectivity index (χ0) is 15.8. The van der Waals surface area contributed by atoms with E-state index in [1.54, 1.807) is 24.3 Å². The van der Waals surface area contributed by atoms with E-state index >= 15 is 0 Å². The Morgan fingerprint density at radius 1 is 1.18 bits per heavy atom. The molecule has 0 saturated heterocycles. The van der Waals surface area contributed by atoms with Crippen molar-refractivity contribution in [2.24, 2.45) is 0 Å². The molecule has 122 valence electrons. The predicted octanol–water partition coefficient (Wildman–Crippen LogP) is 4.73. The van der Waals surface area contributed by atoms with Crippen LogP contribution in [0, 0.1) is 0 Å². The van der Waals surface area contributed by atoms with Crippen molar-refractivity contribution in [1.29, 1.82) is 0 Å². The van der Waals surface area contributed by atoms with E-state index in [2.05, 4.69) is 5.32 Å². The summed E-state index contributed by atoms with van der Waals surface area (Å²) in [5.74, 6) is 0.687. The lowest BCUT2D eigenvalue weighted by Crippen LogP contribution is -2.43. The number of hydrogen-bond acceptors (Lipinski definition) is 2. The fourth-order valence-corrected chi connectivity index (χ4v) is 3.02. The number of carbonyl (C=O) groups excluding carboxylic acids is 1. The number of carbonyl (C=O) groups is 1. The number of rotatable bonds is 5. The molecule has 0 spiro atoms. The summed E-state index contributed by atoms with van der Waals surface area (Å²) in [7, 11) is 0. The van der Waals surface area contributed by atoms with Crippen molar-refractivity contribution in [2.75, 3.05) is 0 Å². The van der Waals surface area contributed by atoms with Gasteiger partial charge < -0.3 is 10.1 Å². The molecule has 1 aromatic rings. The third-order valence-electron chi connectivity index (χ3n) is 4.21. The summed E-state index contributed by atoms with van der Waals surface area (Å²) in [6, 6.07) is 7.45. The van der Waals surface area contributed by atoms with Crippen LogP contribution in [-0.2, 0) is 4.79 Å². The number of benzene rings is 1. The summed E-state index contributed by atoms with van der Waals surface area (Å²) < 4.78 is 5.81. The van der Waals surface area contributed by atoms with Gasteiger partial charge in [-0.05, 0) is 43.5 Å². The first-order chi connectivity index (χ1) is 10.7. The van der Waals surface area contributed by atoms with Crippen LogP contribution in [0.2, 0.25) is 5.02 Å². The summed E-state index contributed by atoms with van der Waals surface area (Å²) >= 11 is 5.87. The lowest BCUT2D eigenvalue weighted by Gasteiger charge is -2.24. The Kier molecular flexibility index (Phi) is 7.04. The summed E-state index contributed by atoms with van der Waals surface area (Å²) in [5.41, 5.74) is 0. The van der Waals surface area contributed by atoms with Gasteiger partial charge in [0.1, 0.15) is 5.75 Å². The molecule has 1 fully saturated rings. The highest BCUT2D eigenvalue weighted by Crippen LogP contribution is 2.19. The standard InChI is InChI=1S/C18H26ClNO2/c1-2-17(22-16-12-10-14(19)11-13-16)18(21)20-15-8-6-4-3-5-7-9-15/h10-13,15,17H,2-9H2,1H3,(H,20,21)/t17-/m1/s1. The molecule has 0 aliphatic heterocycles. The topological polar surface area (TPSA) is 38.3 Å². The van der Waals surface area contributed by atoms with Gasteiger partial charge in [-0.1, -0.05) is 50.6 Å². The molecule has 1 saturated carbocycles. The molecular formula is C18H26ClNO2. The van der Waals surface area contributed by atoms with Gasteiger partial charge in [-0.2, -0.15) is 0 Å². The lowest BCUT2D eigenvalue weighted by atomic mass is 9.96. The van der Waals surface area contributed by atoms with Gasteiger partial charge in [0.25, 0.3) is 5.91 Å². The fourth-order valence-electron chi connectivity index (χ4n) is 2.89. The molecule has 0 radical (unpaired) electrons. The maximum Gasteiger partial charge on any atom is 0.261 e. The highest BCUT2D eigenvalue weighted by molar-refractivity contribution is 6.30. The number of halogens is 1. The van der Waals surface area contributed by atoms with Crippen molar-refractivity contribution < 1.29 is 9.53 Å². The quantitative estimate of drug-likeness (QED) is 0.851. The van der Waals surface area contributed by atoms with Gasteiger partial charge >= 0.3 is 0 Å². The molecule has 0 aromatic heterocycles. The summed E-state index contributed by atoms with van der Waals surface area (Å²) in [6.45, 7) is 1.97. The summed E-state index contributed by atoms with van der Waals surface area (Å²) in [5, 5.41) is 3.85. The molecule has 1 aliphatic carbocycles. The van der Waals surface area contributed by atoms with Crippen molar-refractivity contribution >= 4 is 17.5 Å². The van der Waals surface area contributed by atoms with Crippen molar-refractivity contribution in [2.45, 2.75) is 70.4 Å². The Morgan fingerprint density at radius 3 is 2.36 bits per heavy atom. The molecular weight excluding hydrogens is 298 g/mol. The Balaban J connectivity index is 1.88. The van der Waals surface area contributed by atoms with Gasteiger partial charge in [0.05, 0.1) is 0 Å². The summed E-state index contributed by atoms with van der Waals surface area (Å²) in [6.07, 6.45) is 8.70. The first-order valence-electron chi connectivity index (χ1n) is 8.41. The minimum atomic E-state index is -0.438. The average molecular weight is 324 g/mol. The molecule has 1 atom stereocenters. The third-order valence-corrected chi connectivity index (χ3v) is 4.46. The molecule has 0 unspecified atom stereocenters. The molecule has 1 aliphatic rings. The van der Waals surface area contributed by atoms with Gasteiger partial charge in [-0.15, -0.1) is 0 Å². The van der Waals surface area contributed by atoms with Crippen LogP contribution in [0.4, 0.5) is 0 Å². The average Bonchev–Trinajstić information content (AvgIpc) is 2.49. The highest BCUT2D eigenvalue weighted by atomic mass is 35.5. The van der Waals surface area contributed by atoms with E-state index in [0.717, 1.165) is 12.8 Å². The zero-order valence-electron chi connectivity index (χ0n) is 13.3. The van der Waals surface area contributed by atoms with Gasteiger partial charge in [-0.3, -0.25) is 4.79 Å². The van der Waals surface area contributed by atoms with Crippen LogP contribution in [0.15, 0.2) is 24.3 Å². The van der Waals surface area contributed by atoms with E-state index in [9.17, 15) is 4.79 Å². The first-order valence-corrected chi connectivity index (χ1v) is 8.79. The Bertz CT molecular complexity index is 453. The Labute approximate surface area is 138 Å². The molecule has 4 heteroatoms. The van der Waals surface area contributed by atoms with E-state index in [1.165, 1.54) is 32.1 Å². The van der Waals surface area contributed by atoms with Gasteiger partial charge in [0.2, 0.25) is 0 Å². The fraction of sp³-hybridized carbons (Fsp3) is 0.611. The molecule has 0 heterocycles. The maximum absolute atomic E-state index is 12.4. The number of hydrogen-bond donors (Lipinski definition) is 1. The minimum absolute atomic E-state index is 0.00280. The van der Waals surface area contributed by atoms with Crippen LogP contribution in [-0.4, -0.2) is 18.1 Å². The van der Waals surface area contributed by atoms with Crippen LogP contribution < -0.4 is 10.1 Å². The monoisotopic (exact) mass is 323 g/mol. The number of nitrogens with one attached hydrogen (secondary N) is 1. The smallest absolute Gasteiger partial charge is 0.261 e. The van der Waals surface area contributed by atoms with Crippen LogP contribution in [0.1, 0.15) is 58.3 Å². The van der Waals surface area contributed by atoms with E-state index in [-0.39, 0.29) is 5.91 Å². The van der Waals surface area contributed by atoms with Crippen LogP contribution >= 0.6 is 11.6 Å². The second-order valence-corrected chi connectivity index (χ2v) is 6.46. The highest BCUT2D eigenvalue weighted by Gasteiger charge is 2.22. The summed E-state index contributed by atoms with van der Waals surface area (Å²) in [4.78, 5) is 12.4. The van der Waals surface area contributed by atoms with Crippen molar-refractivity contribution in [3.63, 3.8) is 0 Å². The zero-order valence-corrected chi connectivity index (χ0v) is 14.1. The van der Waals surface area contributed by atoms with E-state index in [4.69, 9.17) is 16.3 Å². The Morgan fingerprint density at radius 2 is 1.77 bits per heavy atom. The molecule has 22 heavy (non-hydrogen) atoms. The first kappa shape index (κ1) is 17.1. The molecule has 1 N–H and O–H groups in total.